The number of aryl methyl sites for hydroxylation is 1. The number of amides is 2. The summed E-state index contributed by atoms with van der Waals surface area (Å²) in [6, 6.07) is 19.9. The molecule has 5 aromatic heterocycles. The molecule has 2 aromatic carbocycles. The zero-order valence-corrected chi connectivity index (χ0v) is 41.4. The van der Waals surface area contributed by atoms with Crippen LogP contribution in [-0.2, 0) is 49.2 Å². The number of halogens is 2. The normalized spacial score (nSPS) is 16.2. The lowest BCUT2D eigenvalue weighted by Gasteiger charge is -2.31. The van der Waals surface area contributed by atoms with Crippen LogP contribution in [0, 0.1) is 12.8 Å². The first-order chi connectivity index (χ1) is 34.7. The number of benzene rings is 2. The summed E-state index contributed by atoms with van der Waals surface area (Å²) < 4.78 is 72.8. The van der Waals surface area contributed by atoms with Crippen molar-refractivity contribution in [1.82, 2.24) is 34.9 Å². The van der Waals surface area contributed by atoms with Crippen LogP contribution < -0.4 is 24.8 Å². The third-order valence-electron chi connectivity index (χ3n) is 12.9. The van der Waals surface area contributed by atoms with Crippen molar-refractivity contribution < 1.29 is 45.8 Å². The second-order valence-electron chi connectivity index (χ2n) is 18.0. The summed E-state index contributed by atoms with van der Waals surface area (Å²) >= 11 is 2.49. The molecule has 1 saturated heterocycles. The van der Waals surface area contributed by atoms with E-state index in [-0.39, 0.29) is 45.6 Å². The number of carbonyl (C=O) groups is 3. The Morgan fingerprint density at radius 3 is 2.57 bits per heavy atom. The molecule has 0 atom stereocenters. The number of hydrogen-bond donors (Lipinski definition) is 3. The zero-order chi connectivity index (χ0) is 50.0. The smallest absolute Gasteiger partial charge is 0.395 e. The van der Waals surface area contributed by atoms with Gasteiger partial charge in [-0.2, -0.15) is 5.10 Å². The molecule has 7 aromatic rings. The van der Waals surface area contributed by atoms with E-state index in [0.717, 1.165) is 61.4 Å². The molecule has 0 unspecified atom stereocenters. The minimum Gasteiger partial charge on any atom is -0.395 e. The third-order valence-corrected chi connectivity index (χ3v) is 16.7. The summed E-state index contributed by atoms with van der Waals surface area (Å²) in [7, 11) is -3.70. The molecule has 10 rings (SSSR count). The predicted molar refractivity (Wildman–Crippen MR) is 266 cm³/mol. The number of ketones is 1. The van der Waals surface area contributed by atoms with E-state index in [1.165, 1.54) is 29.7 Å². The number of aromatic nitrogens is 5. The molecule has 2 fully saturated rings. The Hall–Kier alpha value is -6.72. The summed E-state index contributed by atoms with van der Waals surface area (Å²) in [5.41, 5.74) is 4.15. The van der Waals surface area contributed by atoms with Gasteiger partial charge in [0, 0.05) is 36.3 Å². The van der Waals surface area contributed by atoms with E-state index in [9.17, 15) is 31.6 Å². The number of piperidine rings is 1. The van der Waals surface area contributed by atoms with Crippen LogP contribution in [0.2, 0.25) is 0 Å². The molecule has 3 aliphatic rings. The first-order valence-corrected chi connectivity index (χ1v) is 26.6. The van der Waals surface area contributed by atoms with Crippen molar-refractivity contribution in [2.75, 3.05) is 49.4 Å². The van der Waals surface area contributed by atoms with Crippen molar-refractivity contribution >= 4 is 72.1 Å². The molecule has 1 saturated carbocycles. The summed E-state index contributed by atoms with van der Waals surface area (Å²) in [6.07, 6.45) is 5.24. The monoisotopic (exact) mass is 1040 g/mol. The van der Waals surface area contributed by atoms with Gasteiger partial charge in [0.2, 0.25) is 5.91 Å². The minimum atomic E-state index is -3.75. The minimum absolute atomic E-state index is 0.0406. The predicted octanol–water partition coefficient (Wildman–Crippen LogP) is 7.63. The number of thiophene rings is 1. The Bertz CT molecular complexity index is 3260. The SMILES string of the molecule is Cc1ccc(NC(=O)C2(c3ccc4c(c3)OC(F)(F)O4)CC2)nc1-c1cccc(C(=O)NCCOCCn2cc(CCN3CCC(C(=O)Cc4nc5ncc(NS(=O)(=O)c6cccs6)cc5s4)CC3)cn2)c1. The van der Waals surface area contributed by atoms with E-state index < -0.39 is 21.7 Å². The number of ether oxygens (including phenoxy) is 3. The summed E-state index contributed by atoms with van der Waals surface area (Å²) in [5.74, 6) is -0.341. The molecule has 1 aliphatic carbocycles. The van der Waals surface area contributed by atoms with Crippen LogP contribution in [0.3, 0.4) is 0 Å². The number of fused-ring (bicyclic) bond motifs is 2. The number of pyridine rings is 2. The maximum absolute atomic E-state index is 13.6. The van der Waals surface area contributed by atoms with Crippen molar-refractivity contribution in [3.8, 4) is 22.8 Å². The van der Waals surface area contributed by atoms with Crippen LogP contribution in [0.5, 0.6) is 11.5 Å². The number of nitrogens with one attached hydrogen (secondary N) is 3. The van der Waals surface area contributed by atoms with Gasteiger partial charge >= 0.3 is 6.29 Å². The lowest BCUT2D eigenvalue weighted by atomic mass is 9.91. The first kappa shape index (κ1) is 48.9. The fourth-order valence-corrected chi connectivity index (χ4v) is 11.9. The quantitative estimate of drug-likeness (QED) is 0.0629. The fraction of sp³-hybridized carbons (Fsp3) is 0.340. The van der Waals surface area contributed by atoms with Gasteiger partial charge in [0.15, 0.2) is 17.1 Å². The molecule has 72 heavy (non-hydrogen) atoms. The van der Waals surface area contributed by atoms with Crippen LogP contribution >= 0.6 is 22.7 Å². The van der Waals surface area contributed by atoms with Crippen molar-refractivity contribution in [2.24, 2.45) is 5.92 Å². The Morgan fingerprint density at radius 2 is 1.76 bits per heavy atom. The van der Waals surface area contributed by atoms with Crippen LogP contribution in [0.4, 0.5) is 20.3 Å². The molecule has 7 heterocycles. The maximum atomic E-state index is 13.6. The number of anilines is 2. The molecule has 2 aliphatic heterocycles. The van der Waals surface area contributed by atoms with Gasteiger partial charge in [0.25, 0.3) is 15.9 Å². The van der Waals surface area contributed by atoms with E-state index in [4.69, 9.17) is 9.72 Å². The number of alkyl halides is 2. The number of thiazole rings is 1. The molecule has 374 valence electrons. The molecule has 17 nitrogen and oxygen atoms in total. The number of carbonyl (C=O) groups excluding carboxylic acids is 3. The molecule has 0 spiro atoms. The van der Waals surface area contributed by atoms with Crippen molar-refractivity contribution in [3.05, 3.63) is 124 Å². The van der Waals surface area contributed by atoms with E-state index >= 15 is 0 Å². The van der Waals surface area contributed by atoms with Gasteiger partial charge in [-0.25, -0.2) is 23.4 Å². The highest BCUT2D eigenvalue weighted by Crippen LogP contribution is 2.52. The van der Waals surface area contributed by atoms with E-state index in [1.807, 2.05) is 36.1 Å². The van der Waals surface area contributed by atoms with E-state index in [0.29, 0.717) is 88.4 Å². The van der Waals surface area contributed by atoms with Gasteiger partial charge < -0.3 is 29.7 Å². The number of nitrogens with zero attached hydrogens (tertiary/aromatic N) is 6. The van der Waals surface area contributed by atoms with Crippen LogP contribution in [-0.4, -0.2) is 101 Å². The number of Topliss-reactive ketones (excluding diaryl/α,β-unsaturated/α-hetero) is 1. The molecule has 0 bridgehead atoms. The highest BCUT2D eigenvalue weighted by atomic mass is 32.2. The number of sulfonamides is 1. The van der Waals surface area contributed by atoms with Gasteiger partial charge in [-0.05, 0) is 117 Å². The van der Waals surface area contributed by atoms with Gasteiger partial charge in [-0.15, -0.1) is 31.5 Å². The molecule has 22 heteroatoms. The first-order valence-electron chi connectivity index (χ1n) is 23.4. The molecule has 2 amide bonds. The van der Waals surface area contributed by atoms with Crippen molar-refractivity contribution in [1.29, 1.82) is 0 Å². The summed E-state index contributed by atoms with van der Waals surface area (Å²) in [5, 5.41) is 12.7. The van der Waals surface area contributed by atoms with Gasteiger partial charge in [0.1, 0.15) is 20.8 Å². The molecular formula is C50H49F2N9O8S3. The lowest BCUT2D eigenvalue weighted by Crippen LogP contribution is -2.37. The highest BCUT2D eigenvalue weighted by Gasteiger charge is 2.53. The standard InChI is InChI=1S/C50H49F2N9O8S3/c1-31-7-10-42(57-48(64)49(14-15-49)36-8-9-39-40(25-36)69-50(51,52)68-39)56-45(31)34-4-2-5-35(24-34)47(63)53-16-21-67-22-20-61-30-32(28-55-61)11-17-60-18-12-33(13-19-60)38(62)27-43-58-46-41(71-43)26-37(29-54-46)59-72(65,66)44-6-3-23-70-44/h2-10,23-26,28-30,33,59H,11-22,27H2,1H3,(H,53,63)(H,56,57,64). The highest BCUT2D eigenvalue weighted by molar-refractivity contribution is 7.94. The van der Waals surface area contributed by atoms with E-state index in [2.05, 4.69) is 44.8 Å². The third kappa shape index (κ3) is 11.2. The molecular weight excluding hydrogens is 989 g/mol. The van der Waals surface area contributed by atoms with E-state index in [1.54, 1.807) is 53.9 Å². The fourth-order valence-electron chi connectivity index (χ4n) is 8.89. The Labute approximate surface area is 421 Å². The second kappa shape index (κ2) is 20.4. The second-order valence-corrected chi connectivity index (χ2v) is 22.0. The average Bonchev–Trinajstić information content (AvgIpc) is 3.74. The number of likely N-dealkylation sites (tertiary alicyclic amines) is 1. The lowest BCUT2D eigenvalue weighted by molar-refractivity contribution is -0.286. The Kier molecular flexibility index (Phi) is 13.9. The van der Waals surface area contributed by atoms with Gasteiger partial charge in [-0.1, -0.05) is 30.3 Å². The summed E-state index contributed by atoms with van der Waals surface area (Å²) in [4.78, 5) is 56.0. The van der Waals surface area contributed by atoms with Gasteiger partial charge in [-0.3, -0.25) is 23.8 Å². The van der Waals surface area contributed by atoms with Crippen LogP contribution in [0.1, 0.15) is 57.7 Å². The topological polar surface area (TPSA) is 209 Å². The number of hydrogen-bond acceptors (Lipinski definition) is 15. The van der Waals surface area contributed by atoms with Gasteiger partial charge in [0.05, 0.1) is 60.1 Å². The molecule has 0 radical (unpaired) electrons. The summed E-state index contributed by atoms with van der Waals surface area (Å²) in [6.45, 7) is 5.97. The number of rotatable bonds is 20. The van der Waals surface area contributed by atoms with Crippen LogP contribution in [0.15, 0.2) is 101 Å². The largest absolute Gasteiger partial charge is 0.586 e. The zero-order valence-electron chi connectivity index (χ0n) is 38.9. The van der Waals surface area contributed by atoms with Crippen molar-refractivity contribution in [2.45, 2.75) is 67.9 Å². The molecule has 3 N–H and O–H groups in total. The van der Waals surface area contributed by atoms with Crippen LogP contribution in [0.25, 0.3) is 21.6 Å². The Morgan fingerprint density at radius 1 is 0.931 bits per heavy atom. The Balaban J connectivity index is 0.621. The van der Waals surface area contributed by atoms with Crippen molar-refractivity contribution in [3.63, 3.8) is 0 Å². The average molecular weight is 1040 g/mol. The maximum Gasteiger partial charge on any atom is 0.586 e.